The number of rotatable bonds is 8. The lowest BCUT2D eigenvalue weighted by atomic mass is 9.86. The first kappa shape index (κ1) is 27.5. The van der Waals surface area contributed by atoms with Gasteiger partial charge in [-0.3, -0.25) is 14.4 Å². The fourth-order valence-electron chi connectivity index (χ4n) is 5.73. The molecule has 0 unspecified atom stereocenters. The number of aromatic nitrogens is 2. The van der Waals surface area contributed by atoms with Crippen LogP contribution in [0.25, 0.3) is 33.1 Å². The molecule has 0 bridgehead atoms. The molecular formula is C30H29N5O7. The van der Waals surface area contributed by atoms with E-state index in [4.69, 9.17) is 20.2 Å². The Kier molecular flexibility index (Phi) is 6.97. The van der Waals surface area contributed by atoms with Crippen molar-refractivity contribution in [3.8, 4) is 11.4 Å². The predicted molar refractivity (Wildman–Crippen MR) is 152 cm³/mol. The number of amides is 2. The first-order valence-corrected chi connectivity index (χ1v) is 13.6. The van der Waals surface area contributed by atoms with E-state index in [1.54, 1.807) is 17.6 Å². The molecule has 2 aromatic heterocycles. The minimum atomic E-state index is -1.93. The van der Waals surface area contributed by atoms with Crippen LogP contribution in [0.4, 0.5) is 0 Å². The Bertz CT molecular complexity index is 1850. The molecule has 4 aromatic rings. The van der Waals surface area contributed by atoms with Gasteiger partial charge in [0.25, 0.3) is 5.56 Å². The van der Waals surface area contributed by atoms with Crippen molar-refractivity contribution in [1.29, 1.82) is 0 Å². The number of cyclic esters (lactones) is 1. The molecule has 2 aliphatic heterocycles. The van der Waals surface area contributed by atoms with Crippen LogP contribution in [-0.2, 0) is 49.2 Å². The number of pyridine rings is 2. The molecule has 0 saturated heterocycles. The number of nitrogens with zero attached hydrogens (tertiary/aromatic N) is 2. The highest BCUT2D eigenvalue weighted by Crippen LogP contribution is 2.41. The summed E-state index contributed by atoms with van der Waals surface area (Å²) in [6.07, 6.45) is 0.0426. The highest BCUT2D eigenvalue weighted by Gasteiger charge is 2.45. The third-order valence-corrected chi connectivity index (χ3v) is 7.95. The second-order valence-electron chi connectivity index (χ2n) is 10.3. The van der Waals surface area contributed by atoms with Crippen molar-refractivity contribution in [2.75, 3.05) is 19.9 Å². The second-order valence-corrected chi connectivity index (χ2v) is 10.3. The van der Waals surface area contributed by atoms with E-state index in [1.807, 2.05) is 36.4 Å². The van der Waals surface area contributed by atoms with Crippen LogP contribution in [0.3, 0.4) is 0 Å². The van der Waals surface area contributed by atoms with Crippen molar-refractivity contribution < 1.29 is 29.0 Å². The third kappa shape index (κ3) is 4.40. The largest absolute Gasteiger partial charge is 0.458 e. The van der Waals surface area contributed by atoms with Gasteiger partial charge < -0.3 is 35.5 Å². The number of esters is 1. The lowest BCUT2D eigenvalue weighted by molar-refractivity contribution is -0.172. The smallest absolute Gasteiger partial charge is 0.343 e. The minimum Gasteiger partial charge on any atom is -0.458 e. The van der Waals surface area contributed by atoms with Gasteiger partial charge in [0.1, 0.15) is 19.9 Å². The van der Waals surface area contributed by atoms with E-state index in [2.05, 4.69) is 10.6 Å². The van der Waals surface area contributed by atoms with Crippen LogP contribution in [0.5, 0.6) is 0 Å². The van der Waals surface area contributed by atoms with E-state index in [1.165, 1.54) is 0 Å². The van der Waals surface area contributed by atoms with Crippen LogP contribution in [-0.4, -0.2) is 52.3 Å². The molecule has 42 heavy (non-hydrogen) atoms. The zero-order valence-electron chi connectivity index (χ0n) is 22.9. The fourth-order valence-corrected chi connectivity index (χ4v) is 5.73. The number of hydrogen-bond donors (Lipinski definition) is 4. The third-order valence-electron chi connectivity index (χ3n) is 7.95. The first-order chi connectivity index (χ1) is 20.3. The number of carbonyl (C=O) groups is 3. The normalized spacial score (nSPS) is 17.0. The summed E-state index contributed by atoms with van der Waals surface area (Å²) >= 11 is 0. The molecule has 2 aromatic carbocycles. The molecule has 12 nitrogen and oxygen atoms in total. The van der Waals surface area contributed by atoms with Gasteiger partial charge in [0, 0.05) is 23.1 Å². The summed E-state index contributed by atoms with van der Waals surface area (Å²) in [6.45, 7) is 1.13. The van der Waals surface area contributed by atoms with Crippen molar-refractivity contribution in [2.24, 2.45) is 5.73 Å². The number of carbonyl (C=O) groups excluding carboxylic acids is 3. The van der Waals surface area contributed by atoms with Crippen LogP contribution in [0.2, 0.25) is 0 Å². The van der Waals surface area contributed by atoms with Gasteiger partial charge in [-0.15, -0.1) is 0 Å². The van der Waals surface area contributed by atoms with Crippen LogP contribution >= 0.6 is 0 Å². The highest BCUT2D eigenvalue weighted by atomic mass is 16.6. The maximum absolute atomic E-state index is 13.7. The Hall–Kier alpha value is -4.65. The van der Waals surface area contributed by atoms with E-state index in [0.29, 0.717) is 16.9 Å². The van der Waals surface area contributed by atoms with Gasteiger partial charge in [-0.25, -0.2) is 9.78 Å². The van der Waals surface area contributed by atoms with Gasteiger partial charge in [0.15, 0.2) is 5.60 Å². The molecule has 0 aliphatic carbocycles. The highest BCUT2D eigenvalue weighted by molar-refractivity contribution is 6.09. The average molecular weight is 572 g/mol. The lowest BCUT2D eigenvalue weighted by Crippen LogP contribution is -2.44. The Morgan fingerprint density at radius 1 is 1.14 bits per heavy atom. The van der Waals surface area contributed by atoms with Gasteiger partial charge >= 0.3 is 5.97 Å². The Balaban J connectivity index is 1.44. The number of fused-ring (bicyclic) bond motifs is 7. The number of benzene rings is 2. The minimum absolute atomic E-state index is 0.0426. The molecule has 4 heterocycles. The summed E-state index contributed by atoms with van der Waals surface area (Å²) in [6, 6.07) is 13.4. The Labute approximate surface area is 239 Å². The average Bonchev–Trinajstić information content (AvgIpc) is 3.38. The predicted octanol–water partition coefficient (Wildman–Crippen LogP) is 0.898. The van der Waals surface area contributed by atoms with Crippen LogP contribution in [0.15, 0.2) is 47.3 Å². The molecule has 1 atom stereocenters. The molecule has 216 valence electrons. The number of nitrogens with one attached hydrogen (secondary N) is 2. The molecule has 6 rings (SSSR count). The van der Waals surface area contributed by atoms with Gasteiger partial charge in [-0.05, 0) is 34.9 Å². The molecule has 0 radical (unpaired) electrons. The maximum Gasteiger partial charge on any atom is 0.343 e. The SMILES string of the molecule is CC[C@@]1(O)C(=O)OCc2c1cc1n(c2=O)Cc2c-1nc1ccc3ccccc3c1c2CNC(=O)COCNC(=O)CN. The maximum atomic E-state index is 13.7. The number of nitrogens with two attached hydrogens (primary N) is 1. The summed E-state index contributed by atoms with van der Waals surface area (Å²) in [4.78, 5) is 55.2. The summed E-state index contributed by atoms with van der Waals surface area (Å²) in [7, 11) is 0. The van der Waals surface area contributed by atoms with Crippen LogP contribution < -0.4 is 21.9 Å². The Morgan fingerprint density at radius 3 is 2.74 bits per heavy atom. The number of hydrogen-bond acceptors (Lipinski definition) is 9. The standard InChI is InChI=1S/C30H29N5O7/c1-2-30(40)21-9-23-27-19(12-35(23)28(38)20(21)13-42-29(30)39)18(11-32-25(37)14-41-15-33-24(36)10-31)26-17-6-4-3-5-16(17)7-8-22(26)34-27/h3-9,40H,2,10-15,31H2,1H3,(H,32,37)(H,33,36)/t30-/m0/s1. The zero-order chi connectivity index (χ0) is 29.6. The van der Waals surface area contributed by atoms with Crippen LogP contribution in [0.1, 0.15) is 35.6 Å². The van der Waals surface area contributed by atoms with Crippen molar-refractivity contribution in [2.45, 2.75) is 38.6 Å². The van der Waals surface area contributed by atoms with Crippen molar-refractivity contribution in [3.63, 3.8) is 0 Å². The first-order valence-electron chi connectivity index (χ1n) is 13.6. The second kappa shape index (κ2) is 10.6. The van der Waals surface area contributed by atoms with Crippen molar-refractivity contribution in [1.82, 2.24) is 20.2 Å². The molecule has 12 heteroatoms. The van der Waals surface area contributed by atoms with E-state index in [0.717, 1.165) is 27.3 Å². The summed E-state index contributed by atoms with van der Waals surface area (Å²) < 4.78 is 12.0. The topological polar surface area (TPSA) is 175 Å². The monoisotopic (exact) mass is 571 g/mol. The molecule has 0 fully saturated rings. The molecule has 0 spiro atoms. The molecule has 2 aliphatic rings. The van der Waals surface area contributed by atoms with Gasteiger partial charge in [0.2, 0.25) is 11.8 Å². The van der Waals surface area contributed by atoms with E-state index < -0.39 is 23.4 Å². The zero-order valence-corrected chi connectivity index (χ0v) is 22.9. The van der Waals surface area contributed by atoms with Gasteiger partial charge in [0.05, 0.1) is 35.6 Å². The van der Waals surface area contributed by atoms with Crippen molar-refractivity contribution >= 4 is 39.5 Å². The molecule has 2 amide bonds. The van der Waals surface area contributed by atoms with Crippen molar-refractivity contribution in [3.05, 3.63) is 75.1 Å². The lowest BCUT2D eigenvalue weighted by Gasteiger charge is -2.31. The number of aliphatic hydroxyl groups is 1. The summed E-state index contributed by atoms with van der Waals surface area (Å²) in [5.41, 5.74) is 6.66. The number of ether oxygens (including phenoxy) is 2. The van der Waals surface area contributed by atoms with Crippen LogP contribution in [0, 0.1) is 0 Å². The molecule has 5 N–H and O–H groups in total. The van der Waals surface area contributed by atoms with E-state index in [9.17, 15) is 24.3 Å². The van der Waals surface area contributed by atoms with Gasteiger partial charge in [-0.2, -0.15) is 0 Å². The van der Waals surface area contributed by atoms with E-state index >= 15 is 0 Å². The Morgan fingerprint density at radius 2 is 1.95 bits per heavy atom. The van der Waals surface area contributed by atoms with Gasteiger partial charge in [-0.1, -0.05) is 37.3 Å². The van der Waals surface area contributed by atoms with E-state index in [-0.39, 0.29) is 62.7 Å². The molecular weight excluding hydrogens is 542 g/mol. The molecule has 0 saturated carbocycles. The fraction of sp³-hybridized carbons (Fsp3) is 0.300. The summed E-state index contributed by atoms with van der Waals surface area (Å²) in [5, 5.41) is 19.3. The summed E-state index contributed by atoms with van der Waals surface area (Å²) in [5.74, 6) is -1.58. The quantitative estimate of drug-likeness (QED) is 0.0913.